The third kappa shape index (κ3) is 2.34. The van der Waals surface area contributed by atoms with Crippen molar-refractivity contribution in [2.75, 3.05) is 5.32 Å². The number of nitrogens with one attached hydrogen (secondary N) is 1. The Kier molecular flexibility index (Phi) is 3.31. The summed E-state index contributed by atoms with van der Waals surface area (Å²) < 4.78 is 0. The van der Waals surface area contributed by atoms with Crippen molar-refractivity contribution in [1.82, 2.24) is 0 Å². The van der Waals surface area contributed by atoms with E-state index >= 15 is 0 Å². The molecule has 1 aliphatic carbocycles. The fourth-order valence-electron chi connectivity index (χ4n) is 3.06. The van der Waals surface area contributed by atoms with E-state index in [9.17, 15) is 4.79 Å². The van der Waals surface area contributed by atoms with Crippen LogP contribution < -0.4 is 5.32 Å². The number of carbonyl (C=O) groups excluding carboxylic acids is 1. The number of ketones is 1. The first-order valence-corrected chi connectivity index (χ1v) is 7.11. The summed E-state index contributed by atoms with van der Waals surface area (Å²) in [5, 5.41) is 3.49. The third-order valence-electron chi connectivity index (χ3n) is 3.81. The van der Waals surface area contributed by atoms with E-state index < -0.39 is 0 Å². The molecule has 2 nitrogen and oxygen atoms in total. The van der Waals surface area contributed by atoms with Gasteiger partial charge in [-0.1, -0.05) is 36.4 Å². The lowest BCUT2D eigenvalue weighted by atomic mass is 10.0. The third-order valence-corrected chi connectivity index (χ3v) is 3.81. The fraction of sp³-hybridized carbons (Fsp3) is 0.278. The van der Waals surface area contributed by atoms with Gasteiger partial charge in [-0.15, -0.1) is 0 Å². The lowest BCUT2D eigenvalue weighted by Gasteiger charge is -2.17. The van der Waals surface area contributed by atoms with E-state index in [0.717, 1.165) is 12.1 Å². The van der Waals surface area contributed by atoms with Crippen LogP contribution in [0.4, 0.5) is 5.69 Å². The molecule has 2 aromatic carbocycles. The molecule has 102 valence electrons. The fourth-order valence-corrected chi connectivity index (χ4v) is 3.06. The van der Waals surface area contributed by atoms with Crippen molar-refractivity contribution in [2.24, 2.45) is 0 Å². The van der Waals surface area contributed by atoms with Gasteiger partial charge in [-0.05, 0) is 43.0 Å². The van der Waals surface area contributed by atoms with Gasteiger partial charge < -0.3 is 5.32 Å². The zero-order valence-electron chi connectivity index (χ0n) is 11.9. The van der Waals surface area contributed by atoms with Crippen LogP contribution in [0.15, 0.2) is 42.5 Å². The van der Waals surface area contributed by atoms with Crippen molar-refractivity contribution < 1.29 is 4.79 Å². The highest BCUT2D eigenvalue weighted by atomic mass is 16.1. The molecule has 1 aliphatic rings. The Morgan fingerprint density at radius 3 is 2.70 bits per heavy atom. The summed E-state index contributed by atoms with van der Waals surface area (Å²) >= 11 is 0. The van der Waals surface area contributed by atoms with Gasteiger partial charge in [0.2, 0.25) is 0 Å². The Balaban J connectivity index is 1.96. The number of fused-ring (bicyclic) bond motifs is 3. The number of benzene rings is 2. The first kappa shape index (κ1) is 12.9. The molecule has 20 heavy (non-hydrogen) atoms. The summed E-state index contributed by atoms with van der Waals surface area (Å²) in [5.74, 6) is 0.220. The summed E-state index contributed by atoms with van der Waals surface area (Å²) in [6.07, 6.45) is 1.56. The average Bonchev–Trinajstić information content (AvgIpc) is 2.77. The van der Waals surface area contributed by atoms with Crippen LogP contribution in [0.2, 0.25) is 0 Å². The number of rotatable bonds is 4. The zero-order valence-corrected chi connectivity index (χ0v) is 11.9. The second-order valence-corrected chi connectivity index (χ2v) is 5.63. The first-order chi connectivity index (χ1) is 9.65. The van der Waals surface area contributed by atoms with Crippen LogP contribution in [-0.4, -0.2) is 11.8 Å². The van der Waals surface area contributed by atoms with Gasteiger partial charge >= 0.3 is 0 Å². The normalized spacial score (nSPS) is 13.5. The molecule has 2 heteroatoms. The van der Waals surface area contributed by atoms with Crippen LogP contribution in [0.25, 0.3) is 11.1 Å². The molecule has 0 spiro atoms. The predicted octanol–water partition coefficient (Wildman–Crippen LogP) is 4.04. The van der Waals surface area contributed by atoms with Gasteiger partial charge in [0.15, 0.2) is 0 Å². The second kappa shape index (κ2) is 5.12. The Morgan fingerprint density at radius 2 is 1.90 bits per heavy atom. The standard InChI is InChI=1S/C18H19NO/c1-12(10-13(2)20)19-17-9-5-7-15-11-14-6-3-4-8-16(14)18(15)17/h3-9,12,19H,10-11H2,1-2H3. The quantitative estimate of drug-likeness (QED) is 0.771. The van der Waals surface area contributed by atoms with Crippen molar-refractivity contribution in [3.05, 3.63) is 53.6 Å². The molecule has 0 heterocycles. The van der Waals surface area contributed by atoms with E-state index in [4.69, 9.17) is 0 Å². The monoisotopic (exact) mass is 265 g/mol. The molecule has 0 amide bonds. The molecule has 0 bridgehead atoms. The lowest BCUT2D eigenvalue weighted by molar-refractivity contribution is -0.117. The maximum atomic E-state index is 11.2. The van der Waals surface area contributed by atoms with Gasteiger partial charge in [-0.25, -0.2) is 0 Å². The molecule has 0 fully saturated rings. The first-order valence-electron chi connectivity index (χ1n) is 7.11. The van der Waals surface area contributed by atoms with Gasteiger partial charge in [0.05, 0.1) is 0 Å². The van der Waals surface area contributed by atoms with Crippen LogP contribution in [-0.2, 0) is 11.2 Å². The van der Waals surface area contributed by atoms with E-state index in [1.54, 1.807) is 6.92 Å². The predicted molar refractivity (Wildman–Crippen MR) is 83.1 cm³/mol. The molecule has 0 radical (unpaired) electrons. The van der Waals surface area contributed by atoms with Crippen LogP contribution in [0.5, 0.6) is 0 Å². The van der Waals surface area contributed by atoms with Crippen LogP contribution in [0.3, 0.4) is 0 Å². The molecule has 1 atom stereocenters. The topological polar surface area (TPSA) is 29.1 Å². The Morgan fingerprint density at radius 1 is 1.15 bits per heavy atom. The number of hydrogen-bond acceptors (Lipinski definition) is 2. The van der Waals surface area contributed by atoms with Gasteiger partial charge in [0.1, 0.15) is 5.78 Å². The molecule has 1 N–H and O–H groups in total. The van der Waals surface area contributed by atoms with Crippen molar-refractivity contribution >= 4 is 11.5 Å². The minimum Gasteiger partial charge on any atom is -0.382 e. The minimum absolute atomic E-state index is 0.159. The van der Waals surface area contributed by atoms with Crippen molar-refractivity contribution in [2.45, 2.75) is 32.7 Å². The highest BCUT2D eigenvalue weighted by Crippen LogP contribution is 2.41. The number of anilines is 1. The second-order valence-electron chi connectivity index (χ2n) is 5.63. The minimum atomic E-state index is 0.159. The maximum Gasteiger partial charge on any atom is 0.131 e. The smallest absolute Gasteiger partial charge is 0.131 e. The Hall–Kier alpha value is -2.09. The highest BCUT2D eigenvalue weighted by molar-refractivity contribution is 5.87. The van der Waals surface area contributed by atoms with E-state index in [0.29, 0.717) is 6.42 Å². The molecular formula is C18H19NO. The largest absolute Gasteiger partial charge is 0.382 e. The number of hydrogen-bond donors (Lipinski definition) is 1. The summed E-state index contributed by atoms with van der Waals surface area (Å²) in [4.78, 5) is 11.2. The van der Waals surface area contributed by atoms with Crippen LogP contribution >= 0.6 is 0 Å². The molecule has 2 aromatic rings. The summed E-state index contributed by atoms with van der Waals surface area (Å²) in [5.41, 5.74) is 6.52. The summed E-state index contributed by atoms with van der Waals surface area (Å²) in [7, 11) is 0. The maximum absolute atomic E-state index is 11.2. The Labute approximate surface area is 119 Å². The van der Waals surface area contributed by atoms with E-state index in [1.165, 1.54) is 22.3 Å². The summed E-state index contributed by atoms with van der Waals surface area (Å²) in [6, 6.07) is 15.1. The zero-order chi connectivity index (χ0) is 14.1. The van der Waals surface area contributed by atoms with Crippen LogP contribution in [0.1, 0.15) is 31.4 Å². The SMILES string of the molecule is CC(=O)CC(C)Nc1cccc2c1-c1ccccc1C2. The van der Waals surface area contributed by atoms with E-state index in [1.807, 2.05) is 0 Å². The average molecular weight is 265 g/mol. The van der Waals surface area contributed by atoms with E-state index in [2.05, 4.69) is 54.7 Å². The lowest BCUT2D eigenvalue weighted by Crippen LogP contribution is -2.18. The molecule has 3 rings (SSSR count). The van der Waals surface area contributed by atoms with Crippen molar-refractivity contribution in [1.29, 1.82) is 0 Å². The van der Waals surface area contributed by atoms with Gasteiger partial charge in [0.25, 0.3) is 0 Å². The number of Topliss-reactive ketones (excluding diaryl/α,β-unsaturated/α-hetero) is 1. The van der Waals surface area contributed by atoms with E-state index in [-0.39, 0.29) is 11.8 Å². The van der Waals surface area contributed by atoms with Crippen molar-refractivity contribution in [3.63, 3.8) is 0 Å². The van der Waals surface area contributed by atoms with Gasteiger partial charge in [-0.3, -0.25) is 4.79 Å². The molecule has 0 saturated heterocycles. The molecule has 0 aromatic heterocycles. The number of carbonyl (C=O) groups is 1. The molecule has 1 unspecified atom stereocenters. The van der Waals surface area contributed by atoms with Gasteiger partial charge in [-0.2, -0.15) is 0 Å². The molecular weight excluding hydrogens is 246 g/mol. The van der Waals surface area contributed by atoms with Crippen LogP contribution in [0, 0.1) is 0 Å². The Bertz CT molecular complexity index is 660. The van der Waals surface area contributed by atoms with Crippen molar-refractivity contribution in [3.8, 4) is 11.1 Å². The highest BCUT2D eigenvalue weighted by Gasteiger charge is 2.21. The summed E-state index contributed by atoms with van der Waals surface area (Å²) in [6.45, 7) is 3.70. The molecule has 0 aliphatic heterocycles. The molecule has 0 saturated carbocycles. The van der Waals surface area contributed by atoms with Gasteiger partial charge in [0, 0.05) is 23.7 Å².